The topological polar surface area (TPSA) is 62.4 Å². The smallest absolute Gasteiger partial charge is 0.143 e. The van der Waals surface area contributed by atoms with Crippen molar-refractivity contribution in [3.8, 4) is 11.1 Å². The third-order valence-electron chi connectivity index (χ3n) is 10.4. The third-order valence-corrected chi connectivity index (χ3v) is 11.7. The summed E-state index contributed by atoms with van der Waals surface area (Å²) in [5, 5.41) is 18.6. The number of hydrogen-bond acceptors (Lipinski definition) is 6. The molecule has 1 aliphatic heterocycles. The number of fused-ring (bicyclic) bond motifs is 9. The molecule has 4 heterocycles. The van der Waals surface area contributed by atoms with Crippen LogP contribution in [-0.2, 0) is 0 Å². The summed E-state index contributed by atoms with van der Waals surface area (Å²) in [6.45, 7) is 0. The fraction of sp³-hybridized carbons (Fsp3) is 0.0667. The molecule has 10 aromatic rings. The number of thiophene rings is 1. The van der Waals surface area contributed by atoms with E-state index in [0.717, 1.165) is 66.1 Å². The second kappa shape index (κ2) is 11.4. The summed E-state index contributed by atoms with van der Waals surface area (Å²) in [6.07, 6.45) is -0.589. The van der Waals surface area contributed by atoms with Gasteiger partial charge in [-0.15, -0.1) is 11.3 Å². The monoisotopic (exact) mass is 677 g/mol. The van der Waals surface area contributed by atoms with E-state index in [1.165, 1.54) is 25.7 Å². The van der Waals surface area contributed by atoms with E-state index in [9.17, 15) is 0 Å². The van der Waals surface area contributed by atoms with E-state index < -0.39 is 0 Å². The number of hydrogen-bond donors (Lipinski definition) is 3. The van der Waals surface area contributed by atoms with E-state index in [-0.39, 0.29) is 18.5 Å². The van der Waals surface area contributed by atoms with Crippen molar-refractivity contribution < 1.29 is 8.83 Å². The fourth-order valence-corrected chi connectivity index (χ4v) is 9.31. The number of nitrogens with one attached hydrogen (secondary N) is 3. The minimum atomic E-state index is -0.236. The molecule has 0 bridgehead atoms. The summed E-state index contributed by atoms with van der Waals surface area (Å²) in [7, 11) is 0. The molecule has 6 heteroatoms. The summed E-state index contributed by atoms with van der Waals surface area (Å²) < 4.78 is 16.1. The molecule has 244 valence electrons. The highest BCUT2D eigenvalue weighted by Gasteiger charge is 2.33. The maximum atomic E-state index is 7.02. The quantitative estimate of drug-likeness (QED) is 0.173. The molecule has 11 rings (SSSR count). The average molecular weight is 678 g/mol. The number of para-hydroxylation sites is 4. The summed E-state index contributed by atoms with van der Waals surface area (Å²) in [5.74, 6) is 0. The van der Waals surface area contributed by atoms with Gasteiger partial charge in [0.1, 0.15) is 22.3 Å². The lowest BCUT2D eigenvalue weighted by Gasteiger charge is -2.39. The summed E-state index contributed by atoms with van der Waals surface area (Å²) in [4.78, 5) is 0. The molecule has 3 aromatic heterocycles. The molecule has 5 nitrogen and oxygen atoms in total. The number of rotatable bonds is 4. The molecular formula is C45H31N3O2S. The van der Waals surface area contributed by atoms with Crippen molar-refractivity contribution in [1.82, 2.24) is 16.0 Å². The van der Waals surface area contributed by atoms with Crippen LogP contribution < -0.4 is 16.0 Å². The van der Waals surface area contributed by atoms with E-state index in [0.29, 0.717) is 0 Å². The third kappa shape index (κ3) is 4.51. The van der Waals surface area contributed by atoms with Gasteiger partial charge in [0.25, 0.3) is 0 Å². The Balaban J connectivity index is 1.07. The van der Waals surface area contributed by atoms with Gasteiger partial charge in [0.05, 0.1) is 18.5 Å². The van der Waals surface area contributed by atoms with Crippen LogP contribution in [0.2, 0.25) is 0 Å². The number of furan rings is 2. The lowest BCUT2D eigenvalue weighted by Crippen LogP contribution is -2.54. The first-order valence-electron chi connectivity index (χ1n) is 17.4. The van der Waals surface area contributed by atoms with Crippen molar-refractivity contribution in [2.45, 2.75) is 18.5 Å². The van der Waals surface area contributed by atoms with Crippen LogP contribution in [0.25, 0.3) is 75.2 Å². The molecule has 0 spiro atoms. The summed E-state index contributed by atoms with van der Waals surface area (Å²) in [5.41, 5.74) is 9.13. The van der Waals surface area contributed by atoms with Crippen LogP contribution in [0.5, 0.6) is 0 Å². The molecule has 3 atom stereocenters. The zero-order chi connectivity index (χ0) is 33.5. The highest BCUT2D eigenvalue weighted by molar-refractivity contribution is 7.26. The molecule has 0 aliphatic carbocycles. The van der Waals surface area contributed by atoms with Crippen molar-refractivity contribution in [3.05, 3.63) is 168 Å². The lowest BCUT2D eigenvalue weighted by atomic mass is 9.99. The van der Waals surface area contributed by atoms with E-state index in [2.05, 4.69) is 155 Å². The Labute approximate surface area is 297 Å². The molecule has 1 saturated heterocycles. The normalized spacial score (nSPS) is 18.2. The van der Waals surface area contributed by atoms with E-state index in [1.54, 1.807) is 0 Å². The van der Waals surface area contributed by atoms with Crippen LogP contribution in [0.15, 0.2) is 160 Å². The van der Waals surface area contributed by atoms with Gasteiger partial charge < -0.3 is 8.83 Å². The minimum absolute atomic E-state index is 0.136. The van der Waals surface area contributed by atoms with Crippen molar-refractivity contribution >= 4 is 75.4 Å². The molecule has 7 aromatic carbocycles. The van der Waals surface area contributed by atoms with Gasteiger partial charge in [-0.3, -0.25) is 16.0 Å². The van der Waals surface area contributed by atoms with Gasteiger partial charge in [0.15, 0.2) is 0 Å². The number of benzene rings is 7. The second-order valence-corrected chi connectivity index (χ2v) is 14.4. The average Bonchev–Trinajstić information content (AvgIpc) is 3.89. The Morgan fingerprint density at radius 2 is 0.941 bits per heavy atom. The van der Waals surface area contributed by atoms with Crippen LogP contribution in [0.1, 0.15) is 35.2 Å². The van der Waals surface area contributed by atoms with Gasteiger partial charge in [0, 0.05) is 64.0 Å². The maximum absolute atomic E-state index is 7.02. The lowest BCUT2D eigenvalue weighted by molar-refractivity contribution is 0.203. The molecule has 3 N–H and O–H groups in total. The van der Waals surface area contributed by atoms with Crippen LogP contribution >= 0.6 is 11.3 Å². The van der Waals surface area contributed by atoms with E-state index in [4.69, 9.17) is 8.83 Å². The fourth-order valence-electron chi connectivity index (χ4n) is 8.08. The molecular weight excluding hydrogens is 647 g/mol. The van der Waals surface area contributed by atoms with Crippen LogP contribution in [-0.4, -0.2) is 0 Å². The van der Waals surface area contributed by atoms with Gasteiger partial charge in [-0.2, -0.15) is 0 Å². The summed E-state index contributed by atoms with van der Waals surface area (Å²) >= 11 is 1.85. The molecule has 1 aliphatic rings. The van der Waals surface area contributed by atoms with Gasteiger partial charge in [-0.25, -0.2) is 0 Å². The van der Waals surface area contributed by atoms with Gasteiger partial charge >= 0.3 is 0 Å². The molecule has 3 unspecified atom stereocenters. The van der Waals surface area contributed by atoms with Crippen molar-refractivity contribution in [1.29, 1.82) is 0 Å². The van der Waals surface area contributed by atoms with Crippen LogP contribution in [0.3, 0.4) is 0 Å². The first-order chi connectivity index (χ1) is 25.3. The molecule has 51 heavy (non-hydrogen) atoms. The first-order valence-corrected chi connectivity index (χ1v) is 18.2. The highest BCUT2D eigenvalue weighted by Crippen LogP contribution is 2.44. The maximum Gasteiger partial charge on any atom is 0.143 e. The Morgan fingerprint density at radius 3 is 1.73 bits per heavy atom. The minimum Gasteiger partial charge on any atom is -0.456 e. The Bertz CT molecular complexity index is 2940. The van der Waals surface area contributed by atoms with Gasteiger partial charge in [-0.1, -0.05) is 140 Å². The predicted molar refractivity (Wildman–Crippen MR) is 210 cm³/mol. The van der Waals surface area contributed by atoms with Gasteiger partial charge in [0.2, 0.25) is 0 Å². The standard InChI is InChI=1S/C45H31N3O2S/c1-2-12-26(13-3-1)43-46-44(35-22-9-16-29-27-14-4-6-24-37(27)49-40(29)35)48-45(47-43)36-23-10-18-31-30-17-8-19-32(39(30)50-41(31)36)34-21-11-20-33-28-15-5-7-25-38(28)51-42(33)34/h1-25,43-48H. The van der Waals surface area contributed by atoms with Crippen molar-refractivity contribution in [3.63, 3.8) is 0 Å². The van der Waals surface area contributed by atoms with Gasteiger partial charge in [-0.05, 0) is 17.7 Å². The zero-order valence-corrected chi connectivity index (χ0v) is 28.2. The van der Waals surface area contributed by atoms with Crippen molar-refractivity contribution in [2.75, 3.05) is 0 Å². The predicted octanol–water partition coefficient (Wildman–Crippen LogP) is 11.7. The van der Waals surface area contributed by atoms with E-state index >= 15 is 0 Å². The highest BCUT2D eigenvalue weighted by atomic mass is 32.1. The van der Waals surface area contributed by atoms with Crippen LogP contribution in [0.4, 0.5) is 0 Å². The molecule has 1 fully saturated rings. The Kier molecular flexibility index (Phi) is 6.48. The Hall–Kier alpha value is -5.76. The molecule has 0 saturated carbocycles. The Morgan fingerprint density at radius 1 is 0.392 bits per heavy atom. The summed E-state index contributed by atoms with van der Waals surface area (Å²) in [6, 6.07) is 53.5. The second-order valence-electron chi connectivity index (χ2n) is 13.3. The SMILES string of the molecule is c1ccc(C2NC(c3cccc4c3oc3ccccc34)NC(c3cccc4c3oc3c(-c5cccc6c5sc5ccccc56)cccc34)N2)cc1. The largest absolute Gasteiger partial charge is 0.456 e. The zero-order valence-electron chi connectivity index (χ0n) is 27.4. The first kappa shape index (κ1) is 29.0. The van der Waals surface area contributed by atoms with Crippen LogP contribution in [0, 0.1) is 0 Å². The molecule has 0 amide bonds. The van der Waals surface area contributed by atoms with E-state index in [1.807, 2.05) is 23.5 Å². The van der Waals surface area contributed by atoms with Crippen molar-refractivity contribution in [2.24, 2.45) is 0 Å². The molecule has 0 radical (unpaired) electrons.